The van der Waals surface area contributed by atoms with Gasteiger partial charge in [0.2, 0.25) is 0 Å². The van der Waals surface area contributed by atoms with Gasteiger partial charge in [0, 0.05) is 19.6 Å². The van der Waals surface area contributed by atoms with Crippen molar-refractivity contribution >= 4 is 5.82 Å². The van der Waals surface area contributed by atoms with Crippen LogP contribution in [-0.4, -0.2) is 24.6 Å². The Morgan fingerprint density at radius 1 is 1.56 bits per heavy atom. The summed E-state index contributed by atoms with van der Waals surface area (Å²) in [6.45, 7) is 1.44. The molecule has 3 nitrogen and oxygen atoms in total. The number of terminal acetylenes is 1. The Kier molecular flexibility index (Phi) is 3.43. The molecule has 1 aromatic heterocycles. The molecule has 2 rings (SSSR count). The molecule has 1 aliphatic rings. The van der Waals surface area contributed by atoms with E-state index in [1.165, 1.54) is 12.8 Å². The van der Waals surface area contributed by atoms with E-state index >= 15 is 0 Å². The summed E-state index contributed by atoms with van der Waals surface area (Å²) in [7, 11) is 1.96. The summed E-state index contributed by atoms with van der Waals surface area (Å²) in [5, 5.41) is 3.45. The van der Waals surface area contributed by atoms with Crippen LogP contribution in [0.4, 0.5) is 5.82 Å². The van der Waals surface area contributed by atoms with Gasteiger partial charge in [-0.25, -0.2) is 4.98 Å². The van der Waals surface area contributed by atoms with Gasteiger partial charge < -0.3 is 10.2 Å². The summed E-state index contributed by atoms with van der Waals surface area (Å²) in [5.74, 6) is 3.55. The lowest BCUT2D eigenvalue weighted by Gasteiger charge is -2.15. The van der Waals surface area contributed by atoms with Gasteiger partial charge in [-0.3, -0.25) is 0 Å². The minimum Gasteiger partial charge on any atom is -0.349 e. The minimum atomic E-state index is 0.590. The van der Waals surface area contributed by atoms with Crippen LogP contribution in [0.25, 0.3) is 0 Å². The van der Waals surface area contributed by atoms with Gasteiger partial charge in [-0.15, -0.1) is 6.42 Å². The summed E-state index contributed by atoms with van der Waals surface area (Å²) in [4.78, 5) is 6.53. The SMILES string of the molecule is C#CCN(C)c1cccc(CNC2CC2)n1. The summed E-state index contributed by atoms with van der Waals surface area (Å²) in [6.07, 6.45) is 7.88. The molecule has 1 heterocycles. The Morgan fingerprint density at radius 2 is 2.38 bits per heavy atom. The van der Waals surface area contributed by atoms with Crippen LogP contribution >= 0.6 is 0 Å². The van der Waals surface area contributed by atoms with E-state index in [0.29, 0.717) is 12.6 Å². The molecule has 1 N–H and O–H groups in total. The molecule has 0 bridgehead atoms. The molecular weight excluding hydrogens is 198 g/mol. The van der Waals surface area contributed by atoms with Crippen molar-refractivity contribution < 1.29 is 0 Å². The molecule has 0 atom stereocenters. The first kappa shape index (κ1) is 11.0. The van der Waals surface area contributed by atoms with Crippen molar-refractivity contribution in [2.24, 2.45) is 0 Å². The maximum absolute atomic E-state index is 5.28. The molecule has 1 aromatic rings. The molecule has 3 heteroatoms. The molecule has 0 aliphatic heterocycles. The standard InChI is InChI=1S/C13H17N3/c1-3-9-16(2)13-6-4-5-12(15-13)10-14-11-7-8-11/h1,4-6,11,14H,7-10H2,2H3. The van der Waals surface area contributed by atoms with Crippen LogP contribution in [0.3, 0.4) is 0 Å². The Balaban J connectivity index is 1.97. The fraction of sp³-hybridized carbons (Fsp3) is 0.462. The highest BCUT2D eigenvalue weighted by Gasteiger charge is 2.20. The third-order valence-corrected chi connectivity index (χ3v) is 2.66. The molecule has 84 valence electrons. The number of rotatable bonds is 5. The third kappa shape index (κ3) is 2.98. The molecule has 0 saturated heterocycles. The van der Waals surface area contributed by atoms with E-state index in [0.717, 1.165) is 18.1 Å². The lowest BCUT2D eigenvalue weighted by atomic mass is 10.3. The largest absolute Gasteiger partial charge is 0.349 e. The van der Waals surface area contributed by atoms with Crippen molar-refractivity contribution in [3.8, 4) is 12.3 Å². The Labute approximate surface area is 96.9 Å². The number of aromatic nitrogens is 1. The van der Waals surface area contributed by atoms with E-state index in [9.17, 15) is 0 Å². The van der Waals surface area contributed by atoms with Crippen LogP contribution in [0.2, 0.25) is 0 Å². The smallest absolute Gasteiger partial charge is 0.129 e. The van der Waals surface area contributed by atoms with Crippen LogP contribution in [-0.2, 0) is 6.54 Å². The molecule has 0 spiro atoms. The average molecular weight is 215 g/mol. The lowest BCUT2D eigenvalue weighted by Crippen LogP contribution is -2.20. The number of anilines is 1. The maximum Gasteiger partial charge on any atom is 0.129 e. The van der Waals surface area contributed by atoms with Gasteiger partial charge in [-0.1, -0.05) is 12.0 Å². The molecule has 1 fully saturated rings. The summed E-state index contributed by atoms with van der Waals surface area (Å²) >= 11 is 0. The first-order chi connectivity index (χ1) is 7.79. The minimum absolute atomic E-state index is 0.590. The number of hydrogen-bond acceptors (Lipinski definition) is 3. The summed E-state index contributed by atoms with van der Waals surface area (Å²) in [6, 6.07) is 6.77. The third-order valence-electron chi connectivity index (χ3n) is 2.66. The molecule has 0 radical (unpaired) electrons. The van der Waals surface area contributed by atoms with E-state index < -0.39 is 0 Å². The van der Waals surface area contributed by atoms with Crippen molar-refractivity contribution in [2.75, 3.05) is 18.5 Å². The second kappa shape index (κ2) is 5.00. The van der Waals surface area contributed by atoms with Crippen LogP contribution in [0.1, 0.15) is 18.5 Å². The highest BCUT2D eigenvalue weighted by molar-refractivity contribution is 5.39. The van der Waals surface area contributed by atoms with Gasteiger partial charge >= 0.3 is 0 Å². The molecule has 16 heavy (non-hydrogen) atoms. The zero-order valence-electron chi connectivity index (χ0n) is 9.61. The van der Waals surface area contributed by atoms with E-state index in [-0.39, 0.29) is 0 Å². The first-order valence-corrected chi connectivity index (χ1v) is 5.63. The average Bonchev–Trinajstić information content (AvgIpc) is 3.11. The van der Waals surface area contributed by atoms with Gasteiger partial charge in [0.1, 0.15) is 5.82 Å². The van der Waals surface area contributed by atoms with Gasteiger partial charge in [-0.05, 0) is 25.0 Å². The van der Waals surface area contributed by atoms with Crippen LogP contribution in [0.15, 0.2) is 18.2 Å². The monoisotopic (exact) mass is 215 g/mol. The van der Waals surface area contributed by atoms with E-state index in [1.54, 1.807) is 0 Å². The van der Waals surface area contributed by atoms with Crippen molar-refractivity contribution in [2.45, 2.75) is 25.4 Å². The van der Waals surface area contributed by atoms with Gasteiger partial charge in [0.15, 0.2) is 0 Å². The predicted octanol–water partition coefficient (Wildman–Crippen LogP) is 1.40. The van der Waals surface area contributed by atoms with Crippen molar-refractivity contribution in [3.05, 3.63) is 23.9 Å². The molecular formula is C13H17N3. The number of nitrogens with zero attached hydrogens (tertiary/aromatic N) is 2. The Morgan fingerprint density at radius 3 is 3.06 bits per heavy atom. The molecule has 0 amide bonds. The predicted molar refractivity (Wildman–Crippen MR) is 66.2 cm³/mol. The van der Waals surface area contributed by atoms with Gasteiger partial charge in [-0.2, -0.15) is 0 Å². The number of pyridine rings is 1. The van der Waals surface area contributed by atoms with E-state index in [4.69, 9.17) is 6.42 Å². The lowest BCUT2D eigenvalue weighted by molar-refractivity contribution is 0.674. The van der Waals surface area contributed by atoms with Gasteiger partial charge in [0.25, 0.3) is 0 Å². The zero-order chi connectivity index (χ0) is 11.4. The van der Waals surface area contributed by atoms with Crippen LogP contribution in [0, 0.1) is 12.3 Å². The van der Waals surface area contributed by atoms with Crippen molar-refractivity contribution in [1.82, 2.24) is 10.3 Å². The number of nitrogens with one attached hydrogen (secondary N) is 1. The topological polar surface area (TPSA) is 28.2 Å². The molecule has 0 unspecified atom stereocenters. The van der Waals surface area contributed by atoms with Gasteiger partial charge in [0.05, 0.1) is 12.2 Å². The van der Waals surface area contributed by atoms with Crippen LogP contribution in [0.5, 0.6) is 0 Å². The fourth-order valence-corrected chi connectivity index (χ4v) is 1.53. The second-order valence-corrected chi connectivity index (χ2v) is 4.20. The normalized spacial score (nSPS) is 14.5. The Hall–Kier alpha value is -1.53. The van der Waals surface area contributed by atoms with Crippen molar-refractivity contribution in [3.63, 3.8) is 0 Å². The molecule has 1 aliphatic carbocycles. The summed E-state index contributed by atoms with van der Waals surface area (Å²) in [5.41, 5.74) is 1.08. The first-order valence-electron chi connectivity index (χ1n) is 5.63. The molecule has 1 saturated carbocycles. The van der Waals surface area contributed by atoms with Crippen LogP contribution < -0.4 is 10.2 Å². The quantitative estimate of drug-likeness (QED) is 0.753. The van der Waals surface area contributed by atoms with Crippen molar-refractivity contribution in [1.29, 1.82) is 0 Å². The number of hydrogen-bond donors (Lipinski definition) is 1. The Bertz CT molecular complexity index is 390. The van der Waals surface area contributed by atoms with E-state index in [2.05, 4.69) is 16.2 Å². The fourth-order valence-electron chi connectivity index (χ4n) is 1.53. The zero-order valence-corrected chi connectivity index (χ0v) is 9.61. The maximum atomic E-state index is 5.28. The molecule has 0 aromatic carbocycles. The highest BCUT2D eigenvalue weighted by atomic mass is 15.2. The summed E-state index contributed by atoms with van der Waals surface area (Å²) < 4.78 is 0. The second-order valence-electron chi connectivity index (χ2n) is 4.20. The van der Waals surface area contributed by atoms with E-state index in [1.807, 2.05) is 30.1 Å². The highest BCUT2D eigenvalue weighted by Crippen LogP contribution is 2.19.